The maximum absolute atomic E-state index is 13.4. The second-order valence-corrected chi connectivity index (χ2v) is 10.9. The van der Waals surface area contributed by atoms with Crippen LogP contribution in [0.4, 0.5) is 0 Å². The van der Waals surface area contributed by atoms with Gasteiger partial charge < -0.3 is 10.2 Å². The summed E-state index contributed by atoms with van der Waals surface area (Å²) in [5.41, 5.74) is 1.02. The maximum Gasteiger partial charge on any atom is 0.243 e. The average molecular weight is 451 g/mol. The Labute approximate surface area is 187 Å². The van der Waals surface area contributed by atoms with E-state index in [1.807, 2.05) is 24.0 Å². The molecule has 1 aromatic rings. The minimum absolute atomic E-state index is 0.0327. The lowest BCUT2D eigenvalue weighted by molar-refractivity contribution is -0.131. The molecule has 0 aromatic heterocycles. The molecule has 2 aliphatic rings. The first-order valence-corrected chi connectivity index (χ1v) is 13.0. The third-order valence-corrected chi connectivity index (χ3v) is 8.60. The normalized spacial score (nSPS) is 23.3. The number of sulfonamides is 1. The number of piperazine rings is 1. The van der Waals surface area contributed by atoms with E-state index in [9.17, 15) is 13.2 Å². The van der Waals surface area contributed by atoms with Gasteiger partial charge in [0.25, 0.3) is 0 Å². The topological polar surface area (TPSA) is 73.0 Å². The van der Waals surface area contributed by atoms with Crippen molar-refractivity contribution in [2.45, 2.75) is 63.4 Å². The molecule has 2 saturated heterocycles. The molecule has 7 nitrogen and oxygen atoms in total. The van der Waals surface area contributed by atoms with Crippen LogP contribution in [0.2, 0.25) is 0 Å². The highest BCUT2D eigenvalue weighted by molar-refractivity contribution is 7.89. The van der Waals surface area contributed by atoms with Gasteiger partial charge in [0.1, 0.15) is 0 Å². The molecule has 0 aliphatic carbocycles. The highest BCUT2D eigenvalue weighted by Crippen LogP contribution is 2.23. The second kappa shape index (κ2) is 10.9. The molecule has 0 bridgehead atoms. The van der Waals surface area contributed by atoms with Crippen LogP contribution in [0, 0.1) is 6.92 Å². The average Bonchev–Trinajstić information content (AvgIpc) is 2.76. The first-order chi connectivity index (χ1) is 14.8. The van der Waals surface area contributed by atoms with E-state index in [-0.39, 0.29) is 18.9 Å². The van der Waals surface area contributed by atoms with Crippen LogP contribution in [0.25, 0.3) is 0 Å². The van der Waals surface area contributed by atoms with Gasteiger partial charge in [0.2, 0.25) is 15.9 Å². The predicted octanol–water partition coefficient (Wildman–Crippen LogP) is 2.07. The Morgan fingerprint density at radius 3 is 2.29 bits per heavy atom. The number of nitrogens with one attached hydrogen (secondary N) is 1. The Kier molecular flexibility index (Phi) is 8.50. The Hall–Kier alpha value is -1.48. The monoisotopic (exact) mass is 450 g/mol. The van der Waals surface area contributed by atoms with Crippen molar-refractivity contribution in [1.82, 2.24) is 19.4 Å². The molecule has 0 saturated carbocycles. The third kappa shape index (κ3) is 6.28. The summed E-state index contributed by atoms with van der Waals surface area (Å²) in [5.74, 6) is 0.0327. The highest BCUT2D eigenvalue weighted by atomic mass is 32.2. The summed E-state index contributed by atoms with van der Waals surface area (Å²) in [6.45, 7) is 10.7. The van der Waals surface area contributed by atoms with Crippen molar-refractivity contribution in [3.63, 3.8) is 0 Å². The van der Waals surface area contributed by atoms with E-state index in [2.05, 4.69) is 24.1 Å². The van der Waals surface area contributed by atoms with Crippen molar-refractivity contribution >= 4 is 15.9 Å². The van der Waals surface area contributed by atoms with Crippen molar-refractivity contribution < 1.29 is 13.2 Å². The molecule has 1 amide bonds. The lowest BCUT2D eigenvalue weighted by Gasteiger charge is -2.40. The van der Waals surface area contributed by atoms with Crippen LogP contribution < -0.4 is 5.32 Å². The smallest absolute Gasteiger partial charge is 0.243 e. The zero-order chi connectivity index (χ0) is 22.4. The quantitative estimate of drug-likeness (QED) is 0.656. The van der Waals surface area contributed by atoms with E-state index < -0.39 is 10.0 Å². The summed E-state index contributed by atoms with van der Waals surface area (Å²) in [6.07, 6.45) is 3.74. The zero-order valence-corrected chi connectivity index (χ0v) is 20.0. The summed E-state index contributed by atoms with van der Waals surface area (Å²) in [7, 11) is -3.66. The van der Waals surface area contributed by atoms with E-state index in [1.165, 1.54) is 10.7 Å². The number of carbonyl (C=O) groups is 1. The van der Waals surface area contributed by atoms with E-state index in [4.69, 9.17) is 0 Å². The predicted molar refractivity (Wildman–Crippen MR) is 123 cm³/mol. The highest BCUT2D eigenvalue weighted by Gasteiger charge is 2.29. The van der Waals surface area contributed by atoms with Gasteiger partial charge in [-0.25, -0.2) is 8.42 Å². The first-order valence-electron chi connectivity index (χ1n) is 11.6. The number of amides is 1. The van der Waals surface area contributed by atoms with Gasteiger partial charge in [0, 0.05) is 64.3 Å². The molecule has 0 unspecified atom stereocenters. The van der Waals surface area contributed by atoms with Crippen LogP contribution in [0.5, 0.6) is 0 Å². The first kappa shape index (κ1) is 24.2. The number of hydrogen-bond acceptors (Lipinski definition) is 5. The van der Waals surface area contributed by atoms with E-state index in [0.29, 0.717) is 43.2 Å². The van der Waals surface area contributed by atoms with Crippen molar-refractivity contribution in [3.05, 3.63) is 29.8 Å². The summed E-state index contributed by atoms with van der Waals surface area (Å²) >= 11 is 0. The molecule has 1 aromatic carbocycles. The summed E-state index contributed by atoms with van der Waals surface area (Å²) in [5, 5.41) is 3.24. The fraction of sp³-hybridized carbons (Fsp3) is 0.696. The van der Waals surface area contributed by atoms with Gasteiger partial charge in [-0.05, 0) is 45.7 Å². The van der Waals surface area contributed by atoms with Gasteiger partial charge in [0.15, 0.2) is 0 Å². The van der Waals surface area contributed by atoms with Crippen LogP contribution >= 0.6 is 0 Å². The maximum atomic E-state index is 13.4. The van der Waals surface area contributed by atoms with Crippen LogP contribution in [0.15, 0.2) is 29.2 Å². The number of nitrogens with zero attached hydrogens (tertiary/aromatic N) is 3. The second-order valence-electron chi connectivity index (χ2n) is 8.96. The Morgan fingerprint density at radius 2 is 1.68 bits per heavy atom. The molecule has 0 spiro atoms. The molecule has 2 heterocycles. The van der Waals surface area contributed by atoms with Crippen molar-refractivity contribution in [2.75, 3.05) is 45.8 Å². The molecule has 2 aliphatic heterocycles. The molecular weight excluding hydrogens is 412 g/mol. The van der Waals surface area contributed by atoms with Crippen LogP contribution in [-0.2, 0) is 14.8 Å². The molecular formula is C23H38N4O3S. The van der Waals surface area contributed by atoms with Crippen LogP contribution in [-0.4, -0.2) is 86.3 Å². The molecule has 8 heteroatoms. The number of benzene rings is 1. The van der Waals surface area contributed by atoms with Crippen molar-refractivity contribution in [1.29, 1.82) is 0 Å². The standard InChI is InChI=1S/C23H38N4O3S/c1-19-7-9-22(10-8-19)31(29,30)26(14-11-23(28)25-15-12-24-13-16-25)17-18-27-20(2)5-4-6-21(27)3/h7-10,20-21,24H,4-6,11-18H2,1-3H3/t20-,21-/m1/s1. The largest absolute Gasteiger partial charge is 0.340 e. The van der Waals surface area contributed by atoms with E-state index >= 15 is 0 Å². The molecule has 174 valence electrons. The number of likely N-dealkylation sites (tertiary alicyclic amines) is 1. The fourth-order valence-corrected chi connectivity index (χ4v) is 6.08. The fourth-order valence-electron chi connectivity index (χ4n) is 4.65. The van der Waals surface area contributed by atoms with Crippen LogP contribution in [0.1, 0.15) is 45.1 Å². The molecule has 3 rings (SSSR count). The number of hydrogen-bond donors (Lipinski definition) is 1. The minimum Gasteiger partial charge on any atom is -0.340 e. The molecule has 2 fully saturated rings. The Bertz CT molecular complexity index is 812. The number of aryl methyl sites for hydroxylation is 1. The number of piperidine rings is 1. The SMILES string of the molecule is Cc1ccc(S(=O)(=O)N(CCC(=O)N2CCNCC2)CCN2[C@H](C)CCC[C@H]2C)cc1. The Morgan fingerprint density at radius 1 is 1.06 bits per heavy atom. The zero-order valence-electron chi connectivity index (χ0n) is 19.2. The molecule has 31 heavy (non-hydrogen) atoms. The van der Waals surface area contributed by atoms with Gasteiger partial charge in [-0.3, -0.25) is 9.69 Å². The minimum atomic E-state index is -3.66. The van der Waals surface area contributed by atoms with Gasteiger partial charge in [-0.2, -0.15) is 4.31 Å². The van der Waals surface area contributed by atoms with Crippen LogP contribution in [0.3, 0.4) is 0 Å². The molecule has 1 N–H and O–H groups in total. The van der Waals surface area contributed by atoms with Crippen molar-refractivity contribution in [2.24, 2.45) is 0 Å². The van der Waals surface area contributed by atoms with Crippen molar-refractivity contribution in [3.8, 4) is 0 Å². The van der Waals surface area contributed by atoms with Gasteiger partial charge >= 0.3 is 0 Å². The third-order valence-electron chi connectivity index (χ3n) is 6.69. The number of rotatable bonds is 8. The van der Waals surface area contributed by atoms with E-state index in [0.717, 1.165) is 31.5 Å². The van der Waals surface area contributed by atoms with E-state index in [1.54, 1.807) is 12.1 Å². The Balaban J connectivity index is 1.72. The molecule has 2 atom stereocenters. The lowest BCUT2D eigenvalue weighted by atomic mass is 9.98. The lowest BCUT2D eigenvalue weighted by Crippen LogP contribution is -2.49. The van der Waals surface area contributed by atoms with Gasteiger partial charge in [0.05, 0.1) is 4.90 Å². The summed E-state index contributed by atoms with van der Waals surface area (Å²) in [6, 6.07) is 7.90. The molecule has 0 radical (unpaired) electrons. The summed E-state index contributed by atoms with van der Waals surface area (Å²) in [4.78, 5) is 17.2. The van der Waals surface area contributed by atoms with Gasteiger partial charge in [-0.15, -0.1) is 0 Å². The van der Waals surface area contributed by atoms with Gasteiger partial charge in [-0.1, -0.05) is 24.1 Å². The number of carbonyl (C=O) groups excluding carboxylic acids is 1. The summed E-state index contributed by atoms with van der Waals surface area (Å²) < 4.78 is 28.4.